The molecule has 1 unspecified atom stereocenters. The molecule has 2 aromatic carbocycles. The van der Waals surface area contributed by atoms with Gasteiger partial charge in [-0.3, -0.25) is 5.84 Å². The summed E-state index contributed by atoms with van der Waals surface area (Å²) in [4.78, 5) is 0. The Morgan fingerprint density at radius 1 is 1.15 bits per heavy atom. The number of halogens is 4. The Kier molecular flexibility index (Phi) is 4.47. The van der Waals surface area contributed by atoms with Gasteiger partial charge in [-0.25, -0.2) is 18.6 Å². The first-order chi connectivity index (χ1) is 9.45. The van der Waals surface area contributed by atoms with E-state index in [-0.39, 0.29) is 10.0 Å². The van der Waals surface area contributed by atoms with Gasteiger partial charge in [0.25, 0.3) is 0 Å². The lowest BCUT2D eigenvalue weighted by Crippen LogP contribution is -2.31. The molecule has 0 radical (unpaired) electrons. The fourth-order valence-corrected chi connectivity index (χ4v) is 2.44. The molecule has 2 nitrogen and oxygen atoms in total. The molecule has 106 valence electrons. The molecule has 2 aromatic rings. The van der Waals surface area contributed by atoms with Crippen LogP contribution in [0.25, 0.3) is 0 Å². The summed E-state index contributed by atoms with van der Waals surface area (Å²) in [5.41, 5.74) is 3.22. The Labute approximate surface area is 122 Å². The molecule has 0 aliphatic heterocycles. The van der Waals surface area contributed by atoms with E-state index >= 15 is 0 Å². The van der Waals surface area contributed by atoms with Crippen LogP contribution in [0, 0.1) is 24.4 Å². The van der Waals surface area contributed by atoms with Crippen LogP contribution in [0.4, 0.5) is 13.2 Å². The highest BCUT2D eigenvalue weighted by Gasteiger charge is 2.24. The fraction of sp³-hybridized carbons (Fsp3) is 0.143. The molecule has 0 amide bonds. The summed E-state index contributed by atoms with van der Waals surface area (Å²) >= 11 is 3.01. The Balaban J connectivity index is 2.61. The molecule has 0 bridgehead atoms. The number of aryl methyl sites for hydroxylation is 1. The van der Waals surface area contributed by atoms with Crippen LogP contribution in [-0.4, -0.2) is 0 Å². The maximum absolute atomic E-state index is 14.1. The van der Waals surface area contributed by atoms with Gasteiger partial charge in [0.15, 0.2) is 0 Å². The van der Waals surface area contributed by atoms with Crippen LogP contribution < -0.4 is 11.3 Å². The number of hydrogen-bond donors (Lipinski definition) is 2. The molecule has 0 aliphatic rings. The van der Waals surface area contributed by atoms with Crippen molar-refractivity contribution in [2.45, 2.75) is 13.0 Å². The molecule has 20 heavy (non-hydrogen) atoms. The normalized spacial score (nSPS) is 12.5. The predicted molar refractivity (Wildman–Crippen MR) is 74.4 cm³/mol. The molecule has 0 fully saturated rings. The van der Waals surface area contributed by atoms with Crippen molar-refractivity contribution in [3.05, 3.63) is 68.9 Å². The predicted octanol–water partition coefficient (Wildman–Crippen LogP) is 3.73. The van der Waals surface area contributed by atoms with Crippen molar-refractivity contribution < 1.29 is 13.2 Å². The van der Waals surface area contributed by atoms with E-state index in [0.29, 0.717) is 11.1 Å². The van der Waals surface area contributed by atoms with Crippen molar-refractivity contribution in [1.29, 1.82) is 0 Å². The van der Waals surface area contributed by atoms with E-state index in [0.717, 1.165) is 6.07 Å². The minimum atomic E-state index is -0.909. The molecule has 0 saturated carbocycles. The lowest BCUT2D eigenvalue weighted by Gasteiger charge is -2.20. The second-order valence-electron chi connectivity index (χ2n) is 4.36. The summed E-state index contributed by atoms with van der Waals surface area (Å²) in [5, 5.41) is 0. The Hall–Kier alpha value is -1.37. The van der Waals surface area contributed by atoms with E-state index in [9.17, 15) is 13.2 Å². The van der Waals surface area contributed by atoms with Crippen LogP contribution in [0.1, 0.15) is 22.7 Å². The van der Waals surface area contributed by atoms with Crippen molar-refractivity contribution in [3.63, 3.8) is 0 Å². The van der Waals surface area contributed by atoms with Crippen LogP contribution in [0.5, 0.6) is 0 Å². The van der Waals surface area contributed by atoms with Gasteiger partial charge < -0.3 is 0 Å². The van der Waals surface area contributed by atoms with Gasteiger partial charge in [-0.1, -0.05) is 6.07 Å². The number of nitrogens with one attached hydrogen (secondary N) is 1. The lowest BCUT2D eigenvalue weighted by atomic mass is 9.94. The Morgan fingerprint density at radius 3 is 2.45 bits per heavy atom. The first kappa shape index (κ1) is 15.0. The number of nitrogens with two attached hydrogens (primary N) is 1. The van der Waals surface area contributed by atoms with Gasteiger partial charge in [0, 0.05) is 5.56 Å². The Bertz CT molecular complexity index is 647. The molecule has 0 spiro atoms. The van der Waals surface area contributed by atoms with E-state index in [4.69, 9.17) is 5.84 Å². The molecular formula is C14H12BrF3N2. The van der Waals surface area contributed by atoms with Gasteiger partial charge in [0.05, 0.1) is 10.5 Å². The third kappa shape index (κ3) is 2.72. The number of rotatable bonds is 3. The van der Waals surface area contributed by atoms with E-state index in [1.807, 2.05) is 0 Å². The zero-order valence-electron chi connectivity index (χ0n) is 10.6. The van der Waals surface area contributed by atoms with E-state index in [1.165, 1.54) is 24.3 Å². The fourth-order valence-electron chi connectivity index (χ4n) is 2.10. The van der Waals surface area contributed by atoms with Crippen LogP contribution >= 0.6 is 15.9 Å². The summed E-state index contributed by atoms with van der Waals surface area (Å²) in [6.07, 6.45) is 0. The van der Waals surface area contributed by atoms with Crippen molar-refractivity contribution in [2.24, 2.45) is 5.84 Å². The lowest BCUT2D eigenvalue weighted by molar-refractivity contribution is 0.506. The third-order valence-electron chi connectivity index (χ3n) is 3.08. The van der Waals surface area contributed by atoms with E-state index in [2.05, 4.69) is 21.4 Å². The summed E-state index contributed by atoms with van der Waals surface area (Å²) in [6.45, 7) is 1.65. The average molecular weight is 345 g/mol. The molecule has 0 saturated heterocycles. The minimum Gasteiger partial charge on any atom is -0.271 e. The molecule has 0 aromatic heterocycles. The van der Waals surface area contributed by atoms with Gasteiger partial charge in [-0.05, 0) is 58.2 Å². The third-order valence-corrected chi connectivity index (χ3v) is 3.69. The average Bonchev–Trinajstić information content (AvgIpc) is 2.40. The molecule has 3 N–H and O–H groups in total. The molecular weight excluding hydrogens is 333 g/mol. The number of benzene rings is 2. The highest BCUT2D eigenvalue weighted by molar-refractivity contribution is 9.10. The van der Waals surface area contributed by atoms with Crippen molar-refractivity contribution in [3.8, 4) is 0 Å². The molecule has 0 heterocycles. The van der Waals surface area contributed by atoms with Crippen LogP contribution in [0.3, 0.4) is 0 Å². The summed E-state index contributed by atoms with van der Waals surface area (Å²) in [5.74, 6) is 3.56. The van der Waals surface area contributed by atoms with Crippen LogP contribution in [-0.2, 0) is 0 Å². The van der Waals surface area contributed by atoms with E-state index in [1.54, 1.807) is 6.92 Å². The summed E-state index contributed by atoms with van der Waals surface area (Å²) in [7, 11) is 0. The SMILES string of the molecule is Cc1cc(F)ccc1C(NN)c1c(F)ccc(Br)c1F. The standard InChI is InChI=1S/C14H12BrF3N2/c1-7-6-8(16)2-3-9(7)14(20-19)12-11(17)5-4-10(15)13(12)18/h2-6,14,20H,19H2,1H3. The molecule has 6 heteroatoms. The van der Waals surface area contributed by atoms with E-state index < -0.39 is 23.5 Å². The molecule has 1 atom stereocenters. The molecule has 2 rings (SSSR count). The maximum Gasteiger partial charge on any atom is 0.145 e. The Morgan fingerprint density at radius 2 is 1.85 bits per heavy atom. The van der Waals surface area contributed by atoms with Crippen molar-refractivity contribution >= 4 is 15.9 Å². The zero-order valence-corrected chi connectivity index (χ0v) is 12.1. The topological polar surface area (TPSA) is 38.0 Å². The quantitative estimate of drug-likeness (QED) is 0.505. The highest BCUT2D eigenvalue weighted by Crippen LogP contribution is 2.31. The maximum atomic E-state index is 14.1. The molecule has 0 aliphatic carbocycles. The number of hydrogen-bond acceptors (Lipinski definition) is 2. The second kappa shape index (κ2) is 5.95. The van der Waals surface area contributed by atoms with Crippen molar-refractivity contribution in [1.82, 2.24) is 5.43 Å². The smallest absolute Gasteiger partial charge is 0.145 e. The van der Waals surface area contributed by atoms with Crippen molar-refractivity contribution in [2.75, 3.05) is 0 Å². The van der Waals surface area contributed by atoms with Crippen LogP contribution in [0.15, 0.2) is 34.8 Å². The summed E-state index contributed by atoms with van der Waals surface area (Å²) in [6, 6.07) is 5.47. The van der Waals surface area contributed by atoms with Gasteiger partial charge in [0.1, 0.15) is 17.5 Å². The van der Waals surface area contributed by atoms with Gasteiger partial charge >= 0.3 is 0 Å². The zero-order chi connectivity index (χ0) is 14.9. The summed E-state index contributed by atoms with van der Waals surface area (Å²) < 4.78 is 41.3. The van der Waals surface area contributed by atoms with Crippen LogP contribution in [0.2, 0.25) is 0 Å². The number of hydrazine groups is 1. The van der Waals surface area contributed by atoms with Gasteiger partial charge in [0.2, 0.25) is 0 Å². The monoisotopic (exact) mass is 344 g/mol. The van der Waals surface area contributed by atoms with Gasteiger partial charge in [-0.2, -0.15) is 0 Å². The minimum absolute atomic E-state index is 0.133. The first-order valence-electron chi connectivity index (χ1n) is 5.81. The van der Waals surface area contributed by atoms with Gasteiger partial charge in [-0.15, -0.1) is 0 Å². The second-order valence-corrected chi connectivity index (χ2v) is 5.21. The largest absolute Gasteiger partial charge is 0.271 e. The first-order valence-corrected chi connectivity index (χ1v) is 6.60. The highest BCUT2D eigenvalue weighted by atomic mass is 79.9.